The predicted molar refractivity (Wildman–Crippen MR) is 119 cm³/mol. The Morgan fingerprint density at radius 3 is 2.29 bits per heavy atom. The molecular weight excluding hydrogens is 396 g/mol. The van der Waals surface area contributed by atoms with E-state index < -0.39 is 0 Å². The number of carbonyl (C=O) groups is 3. The first kappa shape index (κ1) is 21.6. The van der Waals surface area contributed by atoms with Crippen LogP contribution in [0.25, 0.3) is 0 Å². The zero-order valence-corrected chi connectivity index (χ0v) is 17.1. The second-order valence-electron chi connectivity index (χ2n) is 6.73. The molecule has 3 rings (SSSR count). The normalized spacial score (nSPS) is 10.2. The highest BCUT2D eigenvalue weighted by Crippen LogP contribution is 2.16. The Morgan fingerprint density at radius 1 is 0.839 bits per heavy atom. The highest BCUT2D eigenvalue weighted by molar-refractivity contribution is 5.98. The predicted octanol–water partition coefficient (Wildman–Crippen LogP) is 3.61. The average Bonchev–Trinajstić information content (AvgIpc) is 3.30. The molecule has 0 radical (unpaired) electrons. The molecule has 31 heavy (non-hydrogen) atoms. The summed E-state index contributed by atoms with van der Waals surface area (Å²) in [7, 11) is 0. The number of carbonyl (C=O) groups excluding carboxylic acids is 3. The van der Waals surface area contributed by atoms with Crippen LogP contribution in [0.1, 0.15) is 29.5 Å². The zero-order valence-electron chi connectivity index (χ0n) is 17.1. The van der Waals surface area contributed by atoms with Crippen LogP contribution < -0.4 is 21.3 Å². The van der Waals surface area contributed by atoms with Gasteiger partial charge in [0.25, 0.3) is 5.91 Å². The Labute approximate surface area is 180 Å². The average molecular weight is 420 g/mol. The van der Waals surface area contributed by atoms with Gasteiger partial charge in [0.2, 0.25) is 11.8 Å². The molecule has 2 aromatic carbocycles. The van der Waals surface area contributed by atoms with Gasteiger partial charge in [-0.15, -0.1) is 0 Å². The molecule has 0 saturated heterocycles. The van der Waals surface area contributed by atoms with Crippen molar-refractivity contribution in [1.29, 1.82) is 0 Å². The minimum atomic E-state index is -0.267. The fourth-order valence-corrected chi connectivity index (χ4v) is 2.76. The van der Waals surface area contributed by atoms with Gasteiger partial charge < -0.3 is 25.7 Å². The lowest BCUT2D eigenvalue weighted by atomic mass is 10.2. The Bertz CT molecular complexity index is 1050. The van der Waals surface area contributed by atoms with Gasteiger partial charge in [0.1, 0.15) is 5.76 Å². The standard InChI is InChI=1S/C23H24N4O4/c1-2-21(28)26-19-9-4-7-17(13-19)24-15-22(29)27-18-8-3-6-16(12-18)23(30)25-14-20-10-5-11-31-20/h3-13,24H,2,14-15H2,1H3,(H,25,30)(H,26,28)(H,27,29). The lowest BCUT2D eigenvalue weighted by Crippen LogP contribution is -2.24. The van der Waals surface area contributed by atoms with Crippen LogP contribution in [0, 0.1) is 0 Å². The summed E-state index contributed by atoms with van der Waals surface area (Å²) in [5.74, 6) is 0.0397. The molecule has 0 aliphatic heterocycles. The largest absolute Gasteiger partial charge is 0.467 e. The van der Waals surface area contributed by atoms with E-state index in [0.717, 1.165) is 0 Å². The van der Waals surface area contributed by atoms with E-state index in [1.807, 2.05) is 0 Å². The molecule has 1 aromatic heterocycles. The van der Waals surface area contributed by atoms with Gasteiger partial charge in [-0.25, -0.2) is 0 Å². The summed E-state index contributed by atoms with van der Waals surface area (Å²) in [6, 6.07) is 17.3. The van der Waals surface area contributed by atoms with E-state index in [4.69, 9.17) is 4.42 Å². The number of benzene rings is 2. The summed E-state index contributed by atoms with van der Waals surface area (Å²) < 4.78 is 5.19. The van der Waals surface area contributed by atoms with Crippen LogP contribution in [0.2, 0.25) is 0 Å². The smallest absolute Gasteiger partial charge is 0.251 e. The number of furan rings is 1. The van der Waals surface area contributed by atoms with Crippen molar-refractivity contribution >= 4 is 34.8 Å². The summed E-state index contributed by atoms with van der Waals surface area (Å²) >= 11 is 0. The highest BCUT2D eigenvalue weighted by atomic mass is 16.3. The quantitative estimate of drug-likeness (QED) is 0.422. The van der Waals surface area contributed by atoms with Gasteiger partial charge in [-0.05, 0) is 48.5 Å². The molecule has 0 saturated carbocycles. The summed E-state index contributed by atoms with van der Waals surface area (Å²) in [4.78, 5) is 36.1. The molecule has 0 bridgehead atoms. The van der Waals surface area contributed by atoms with Gasteiger partial charge in [0.15, 0.2) is 0 Å². The molecule has 1 heterocycles. The van der Waals surface area contributed by atoms with Crippen molar-refractivity contribution in [2.45, 2.75) is 19.9 Å². The second-order valence-corrected chi connectivity index (χ2v) is 6.73. The Balaban J connectivity index is 1.51. The van der Waals surface area contributed by atoms with E-state index in [2.05, 4.69) is 21.3 Å². The monoisotopic (exact) mass is 420 g/mol. The number of rotatable bonds is 9. The maximum absolute atomic E-state index is 12.3. The van der Waals surface area contributed by atoms with Crippen LogP contribution >= 0.6 is 0 Å². The maximum atomic E-state index is 12.3. The van der Waals surface area contributed by atoms with E-state index in [-0.39, 0.29) is 30.8 Å². The van der Waals surface area contributed by atoms with Gasteiger partial charge in [0, 0.05) is 29.0 Å². The van der Waals surface area contributed by atoms with Crippen LogP contribution in [0.4, 0.5) is 17.1 Å². The Kier molecular flexibility index (Phi) is 7.42. The van der Waals surface area contributed by atoms with E-state index >= 15 is 0 Å². The third-order valence-corrected chi connectivity index (χ3v) is 4.33. The topological polar surface area (TPSA) is 112 Å². The van der Waals surface area contributed by atoms with Gasteiger partial charge in [-0.2, -0.15) is 0 Å². The first-order chi connectivity index (χ1) is 15.0. The number of amides is 3. The molecule has 0 fully saturated rings. The van der Waals surface area contributed by atoms with Crippen LogP contribution in [0.5, 0.6) is 0 Å². The van der Waals surface area contributed by atoms with E-state index in [9.17, 15) is 14.4 Å². The third-order valence-electron chi connectivity index (χ3n) is 4.33. The molecule has 160 valence electrons. The minimum absolute atomic E-state index is 0.0279. The first-order valence-electron chi connectivity index (χ1n) is 9.88. The van der Waals surface area contributed by atoms with Crippen LogP contribution in [-0.4, -0.2) is 24.3 Å². The molecule has 0 atom stereocenters. The molecule has 0 spiro atoms. The molecule has 4 N–H and O–H groups in total. The SMILES string of the molecule is CCC(=O)Nc1cccc(NCC(=O)Nc2cccc(C(=O)NCc3ccco3)c2)c1. The summed E-state index contributed by atoms with van der Waals surface area (Å²) in [5.41, 5.74) is 2.30. The summed E-state index contributed by atoms with van der Waals surface area (Å²) in [6.45, 7) is 2.09. The minimum Gasteiger partial charge on any atom is -0.467 e. The number of hydrogen-bond acceptors (Lipinski definition) is 5. The lowest BCUT2D eigenvalue weighted by Gasteiger charge is -2.11. The van der Waals surface area contributed by atoms with Crippen molar-refractivity contribution in [3.05, 3.63) is 78.3 Å². The van der Waals surface area contributed by atoms with Crippen LogP contribution in [0.3, 0.4) is 0 Å². The van der Waals surface area contributed by atoms with E-state index in [1.165, 1.54) is 0 Å². The van der Waals surface area contributed by atoms with Crippen LogP contribution in [-0.2, 0) is 16.1 Å². The maximum Gasteiger partial charge on any atom is 0.251 e. The lowest BCUT2D eigenvalue weighted by molar-refractivity contribution is -0.116. The number of anilines is 3. The zero-order chi connectivity index (χ0) is 22.1. The van der Waals surface area contributed by atoms with Gasteiger partial charge >= 0.3 is 0 Å². The molecule has 8 heteroatoms. The fraction of sp³-hybridized carbons (Fsp3) is 0.174. The van der Waals surface area contributed by atoms with Gasteiger partial charge in [-0.1, -0.05) is 19.1 Å². The van der Waals surface area contributed by atoms with E-state index in [1.54, 1.807) is 73.9 Å². The molecule has 0 aliphatic rings. The molecule has 8 nitrogen and oxygen atoms in total. The summed E-state index contributed by atoms with van der Waals surface area (Å²) in [5, 5.41) is 11.3. The van der Waals surface area contributed by atoms with Gasteiger partial charge in [-0.3, -0.25) is 14.4 Å². The van der Waals surface area contributed by atoms with Crippen LogP contribution in [0.15, 0.2) is 71.3 Å². The molecule has 0 aliphatic carbocycles. The molecule has 3 aromatic rings. The van der Waals surface area contributed by atoms with E-state index in [0.29, 0.717) is 34.8 Å². The van der Waals surface area contributed by atoms with Crippen molar-refractivity contribution in [2.75, 3.05) is 22.5 Å². The Morgan fingerprint density at radius 2 is 1.55 bits per heavy atom. The molecule has 3 amide bonds. The van der Waals surface area contributed by atoms with Gasteiger partial charge in [0.05, 0.1) is 19.4 Å². The second kappa shape index (κ2) is 10.6. The number of nitrogens with one attached hydrogen (secondary N) is 4. The van der Waals surface area contributed by atoms with Crippen molar-refractivity contribution < 1.29 is 18.8 Å². The fourth-order valence-electron chi connectivity index (χ4n) is 2.76. The first-order valence-corrected chi connectivity index (χ1v) is 9.88. The molecule has 0 unspecified atom stereocenters. The number of hydrogen-bond donors (Lipinski definition) is 4. The Hall–Kier alpha value is -4.07. The van der Waals surface area contributed by atoms with Crippen molar-refractivity contribution in [3.63, 3.8) is 0 Å². The highest BCUT2D eigenvalue weighted by Gasteiger charge is 2.09. The van der Waals surface area contributed by atoms with Crippen molar-refractivity contribution in [3.8, 4) is 0 Å². The molecular formula is C23H24N4O4. The van der Waals surface area contributed by atoms with Crippen molar-refractivity contribution in [2.24, 2.45) is 0 Å². The van der Waals surface area contributed by atoms with Crippen molar-refractivity contribution in [1.82, 2.24) is 5.32 Å². The summed E-state index contributed by atoms with van der Waals surface area (Å²) in [6.07, 6.45) is 1.93. The third kappa shape index (κ3) is 6.74.